The molecule has 224 valence electrons. The highest BCUT2D eigenvalue weighted by atomic mass is 16.7. The number of anilines is 1. The first-order chi connectivity index (χ1) is 21.2. The zero-order chi connectivity index (χ0) is 31.2. The second-order valence-electron chi connectivity index (χ2n) is 11.0. The molecule has 1 unspecified atom stereocenters. The number of hydroxylamine groups is 1. The summed E-state index contributed by atoms with van der Waals surface area (Å²) in [4.78, 5) is 48.4. The molecular weight excluding hydrogens is 556 g/mol. The molecule has 1 atom stereocenters. The molecule has 3 N–H and O–H groups in total. The third kappa shape index (κ3) is 7.37. The summed E-state index contributed by atoms with van der Waals surface area (Å²) in [7, 11) is 0. The maximum absolute atomic E-state index is 13.2. The summed E-state index contributed by atoms with van der Waals surface area (Å²) >= 11 is 0. The molecule has 0 spiro atoms. The average Bonchev–Trinajstić information content (AvgIpc) is 3.52. The topological polar surface area (TPSA) is 120 Å². The first kappa shape index (κ1) is 30.2. The van der Waals surface area contributed by atoms with Gasteiger partial charge >= 0.3 is 5.97 Å². The fourth-order valence-corrected chi connectivity index (χ4v) is 4.66. The molecule has 1 aliphatic heterocycles. The average molecular weight is 591 g/mol. The number of nitrogens with one attached hydrogen (secondary N) is 2. The monoisotopic (exact) mass is 590 g/mol. The minimum atomic E-state index is -1.12. The smallest absolute Gasteiger partial charge is 0.323 e. The highest BCUT2D eigenvalue weighted by Crippen LogP contribution is 2.27. The van der Waals surface area contributed by atoms with Crippen molar-refractivity contribution in [2.45, 2.75) is 33.5 Å². The Morgan fingerprint density at radius 3 is 2.05 bits per heavy atom. The normalized spacial score (nSPS) is 14.1. The minimum Gasteiger partial charge on any atom is -0.480 e. The number of aryl methyl sites for hydroxylation is 1. The van der Waals surface area contributed by atoms with E-state index >= 15 is 0 Å². The molecule has 4 aromatic rings. The van der Waals surface area contributed by atoms with E-state index in [1.54, 1.807) is 38.1 Å². The Bertz CT molecular complexity index is 1660. The predicted octanol–water partition coefficient (Wildman–Crippen LogP) is 5.96. The number of carbonyl (C=O) groups excluding carboxylic acids is 2. The van der Waals surface area contributed by atoms with Gasteiger partial charge in [0.1, 0.15) is 6.54 Å². The highest BCUT2D eigenvalue weighted by molar-refractivity contribution is 5.99. The van der Waals surface area contributed by atoms with Crippen LogP contribution in [0.1, 0.15) is 52.7 Å². The van der Waals surface area contributed by atoms with Gasteiger partial charge in [-0.25, -0.2) is 15.3 Å². The van der Waals surface area contributed by atoms with Crippen LogP contribution in [0.4, 0.5) is 5.69 Å². The van der Waals surface area contributed by atoms with Crippen LogP contribution in [0, 0.1) is 12.8 Å². The molecule has 1 aliphatic rings. The molecule has 9 heteroatoms. The SMILES string of the molecule is Cc1ccc(-c2ccc(C3N=C(c4ccc(CN(CC(=O)O)C(=O)c5ccc(NC(=O)C(C)C)cc5)cc4)NO3)cc2)cc1. The molecule has 4 aromatic carbocycles. The second-order valence-corrected chi connectivity index (χ2v) is 11.0. The number of aliphatic imine (C=N–C) groups is 1. The van der Waals surface area contributed by atoms with E-state index in [1.165, 1.54) is 10.5 Å². The van der Waals surface area contributed by atoms with Gasteiger partial charge in [0.2, 0.25) is 12.1 Å². The van der Waals surface area contributed by atoms with Gasteiger partial charge < -0.3 is 15.3 Å². The van der Waals surface area contributed by atoms with Crippen LogP contribution in [0.5, 0.6) is 0 Å². The number of hydrogen-bond acceptors (Lipinski definition) is 6. The Balaban J connectivity index is 1.24. The van der Waals surface area contributed by atoms with E-state index in [9.17, 15) is 19.5 Å². The van der Waals surface area contributed by atoms with Gasteiger partial charge in [0.25, 0.3) is 5.91 Å². The van der Waals surface area contributed by atoms with E-state index in [2.05, 4.69) is 59.1 Å². The van der Waals surface area contributed by atoms with Gasteiger partial charge in [-0.15, -0.1) is 0 Å². The number of amidine groups is 1. The molecule has 0 bridgehead atoms. The predicted molar refractivity (Wildman–Crippen MR) is 169 cm³/mol. The maximum atomic E-state index is 13.2. The van der Waals surface area contributed by atoms with Crippen LogP contribution >= 0.6 is 0 Å². The van der Waals surface area contributed by atoms with Gasteiger partial charge in [-0.05, 0) is 47.9 Å². The summed E-state index contributed by atoms with van der Waals surface area (Å²) in [5.41, 5.74) is 9.73. The number of nitrogens with zero attached hydrogens (tertiary/aromatic N) is 2. The fourth-order valence-electron chi connectivity index (χ4n) is 4.66. The van der Waals surface area contributed by atoms with E-state index in [0.717, 1.165) is 27.8 Å². The van der Waals surface area contributed by atoms with E-state index in [4.69, 9.17) is 4.84 Å². The molecule has 9 nitrogen and oxygen atoms in total. The summed E-state index contributed by atoms with van der Waals surface area (Å²) in [5.74, 6) is -1.28. The molecular formula is C35H34N4O5. The Labute approximate surface area is 256 Å². The molecule has 0 saturated carbocycles. The summed E-state index contributed by atoms with van der Waals surface area (Å²) < 4.78 is 0. The summed E-state index contributed by atoms with van der Waals surface area (Å²) in [6, 6.07) is 30.3. The van der Waals surface area contributed by atoms with Crippen molar-refractivity contribution in [2.75, 3.05) is 11.9 Å². The van der Waals surface area contributed by atoms with E-state index < -0.39 is 24.6 Å². The largest absolute Gasteiger partial charge is 0.480 e. The van der Waals surface area contributed by atoms with Crippen molar-refractivity contribution < 1.29 is 24.3 Å². The molecule has 44 heavy (non-hydrogen) atoms. The Morgan fingerprint density at radius 2 is 1.45 bits per heavy atom. The van der Waals surface area contributed by atoms with Crippen molar-refractivity contribution in [3.05, 3.63) is 125 Å². The summed E-state index contributed by atoms with van der Waals surface area (Å²) in [6.45, 7) is 5.29. The van der Waals surface area contributed by atoms with Crippen LogP contribution in [-0.4, -0.2) is 40.2 Å². The number of carboxylic acid groups (broad SMARTS) is 1. The number of benzene rings is 4. The van der Waals surface area contributed by atoms with E-state index in [1.807, 2.05) is 36.4 Å². The third-order valence-corrected chi connectivity index (χ3v) is 7.23. The van der Waals surface area contributed by atoms with Gasteiger partial charge in [-0.3, -0.25) is 14.4 Å². The zero-order valence-corrected chi connectivity index (χ0v) is 24.8. The zero-order valence-electron chi connectivity index (χ0n) is 24.8. The molecule has 0 fully saturated rings. The maximum Gasteiger partial charge on any atom is 0.323 e. The third-order valence-electron chi connectivity index (χ3n) is 7.23. The van der Waals surface area contributed by atoms with E-state index in [-0.39, 0.29) is 18.4 Å². The lowest BCUT2D eigenvalue weighted by molar-refractivity contribution is -0.137. The molecule has 0 radical (unpaired) electrons. The van der Waals surface area contributed by atoms with Crippen molar-refractivity contribution in [3.63, 3.8) is 0 Å². The number of carbonyl (C=O) groups is 3. The van der Waals surface area contributed by atoms with Crippen LogP contribution in [0.15, 0.2) is 102 Å². The summed E-state index contributed by atoms with van der Waals surface area (Å²) in [6.07, 6.45) is -0.495. The van der Waals surface area contributed by atoms with Gasteiger partial charge in [0, 0.05) is 34.8 Å². The van der Waals surface area contributed by atoms with Gasteiger partial charge in [0.15, 0.2) is 5.84 Å². The lowest BCUT2D eigenvalue weighted by atomic mass is 10.0. The van der Waals surface area contributed by atoms with Crippen molar-refractivity contribution in [1.29, 1.82) is 0 Å². The Morgan fingerprint density at radius 1 is 0.864 bits per heavy atom. The molecule has 0 saturated heterocycles. The minimum absolute atomic E-state index is 0.101. The Kier molecular flexibility index (Phi) is 9.16. The number of rotatable bonds is 10. The molecule has 2 amide bonds. The van der Waals surface area contributed by atoms with Crippen LogP contribution in [-0.2, 0) is 21.0 Å². The standard InChI is InChI=1S/C35H34N4O5/c1-22(2)33(42)36-30-18-16-29(17-19-30)35(43)39(21-31(40)41)20-24-6-10-27(11-7-24)32-37-34(44-38-32)28-14-12-26(13-15-28)25-8-4-23(3)5-9-25/h4-19,22,34H,20-21H2,1-3H3,(H,36,42)(H,37,38)(H,40,41). The van der Waals surface area contributed by atoms with Crippen molar-refractivity contribution in [2.24, 2.45) is 10.9 Å². The summed E-state index contributed by atoms with van der Waals surface area (Å²) in [5, 5.41) is 12.2. The molecule has 1 heterocycles. The number of aliphatic carboxylic acids is 1. The van der Waals surface area contributed by atoms with Crippen molar-refractivity contribution in [3.8, 4) is 11.1 Å². The molecule has 0 aliphatic carbocycles. The highest BCUT2D eigenvalue weighted by Gasteiger charge is 2.22. The fraction of sp³-hybridized carbons (Fsp3) is 0.200. The van der Waals surface area contributed by atoms with Crippen LogP contribution < -0.4 is 10.8 Å². The van der Waals surface area contributed by atoms with Gasteiger partial charge in [0.05, 0.1) is 0 Å². The second kappa shape index (κ2) is 13.4. The molecule has 0 aromatic heterocycles. The Hall–Kier alpha value is -5.28. The first-order valence-electron chi connectivity index (χ1n) is 14.3. The van der Waals surface area contributed by atoms with Crippen LogP contribution in [0.3, 0.4) is 0 Å². The van der Waals surface area contributed by atoms with Gasteiger partial charge in [-0.2, -0.15) is 0 Å². The lowest BCUT2D eigenvalue weighted by Crippen LogP contribution is -2.35. The number of hydrogen-bond donors (Lipinski definition) is 3. The lowest BCUT2D eigenvalue weighted by Gasteiger charge is -2.21. The number of amides is 2. The van der Waals surface area contributed by atoms with Crippen molar-refractivity contribution in [1.82, 2.24) is 10.4 Å². The van der Waals surface area contributed by atoms with E-state index in [0.29, 0.717) is 17.1 Å². The van der Waals surface area contributed by atoms with Crippen LogP contribution in [0.25, 0.3) is 11.1 Å². The van der Waals surface area contributed by atoms with Gasteiger partial charge in [-0.1, -0.05) is 92.2 Å². The first-order valence-corrected chi connectivity index (χ1v) is 14.3. The quantitative estimate of drug-likeness (QED) is 0.210. The van der Waals surface area contributed by atoms with Crippen LogP contribution in [0.2, 0.25) is 0 Å². The number of carboxylic acids is 1. The van der Waals surface area contributed by atoms with Crippen molar-refractivity contribution >= 4 is 29.3 Å². The molecule has 5 rings (SSSR count).